The summed E-state index contributed by atoms with van der Waals surface area (Å²) in [4.78, 5) is 48.1. The molecule has 1 heterocycles. The van der Waals surface area contributed by atoms with Crippen LogP contribution in [0.2, 0.25) is 0 Å². The van der Waals surface area contributed by atoms with Crippen LogP contribution in [0, 0.1) is 11.8 Å². The van der Waals surface area contributed by atoms with Crippen LogP contribution >= 0.6 is 0 Å². The number of hydrogen-bond donors (Lipinski definition) is 3. The molecule has 9 nitrogen and oxygen atoms in total. The molecule has 1 aliphatic rings. The molecule has 0 aromatic rings. The van der Waals surface area contributed by atoms with Crippen molar-refractivity contribution in [3.63, 3.8) is 0 Å². The number of amides is 3. The number of carbonyl (C=O) groups is 4. The van der Waals surface area contributed by atoms with Gasteiger partial charge in [-0.15, -0.1) is 0 Å². The van der Waals surface area contributed by atoms with Crippen molar-refractivity contribution in [3.05, 3.63) is 12.2 Å². The molecule has 1 unspecified atom stereocenters. The van der Waals surface area contributed by atoms with Crippen LogP contribution in [0.4, 0.5) is 4.79 Å². The van der Waals surface area contributed by atoms with Crippen molar-refractivity contribution in [2.45, 2.75) is 59.0 Å². The molecule has 9 heteroatoms. The van der Waals surface area contributed by atoms with E-state index in [2.05, 4.69) is 16.0 Å². The van der Waals surface area contributed by atoms with E-state index in [-0.39, 0.29) is 31.0 Å². The van der Waals surface area contributed by atoms with E-state index in [4.69, 9.17) is 9.47 Å². The summed E-state index contributed by atoms with van der Waals surface area (Å²) in [5.41, 5.74) is 0. The number of ether oxygens (including phenoxy) is 2. The summed E-state index contributed by atoms with van der Waals surface area (Å²) in [6, 6.07) is -1.92. The molecular weight excluding hydrogens is 378 g/mol. The van der Waals surface area contributed by atoms with Crippen LogP contribution in [0.3, 0.4) is 0 Å². The lowest BCUT2D eigenvalue weighted by atomic mass is 9.98. The van der Waals surface area contributed by atoms with E-state index in [1.54, 1.807) is 13.8 Å². The quantitative estimate of drug-likeness (QED) is 0.348. The van der Waals surface area contributed by atoms with Gasteiger partial charge in [0.15, 0.2) is 0 Å². The summed E-state index contributed by atoms with van der Waals surface area (Å²) >= 11 is 0. The minimum atomic E-state index is -0.778. The highest BCUT2D eigenvalue weighted by molar-refractivity contribution is 5.85. The van der Waals surface area contributed by atoms with Crippen LogP contribution in [0.1, 0.15) is 47.0 Å². The fourth-order valence-corrected chi connectivity index (χ4v) is 3.04. The van der Waals surface area contributed by atoms with E-state index in [0.29, 0.717) is 25.8 Å². The van der Waals surface area contributed by atoms with Crippen LogP contribution in [0.15, 0.2) is 12.2 Å². The Morgan fingerprint density at radius 2 is 1.86 bits per heavy atom. The zero-order valence-corrected chi connectivity index (χ0v) is 17.7. The van der Waals surface area contributed by atoms with Gasteiger partial charge in [0.1, 0.15) is 6.04 Å². The van der Waals surface area contributed by atoms with Gasteiger partial charge in [0.05, 0.1) is 19.3 Å². The summed E-state index contributed by atoms with van der Waals surface area (Å²) in [5, 5.41) is 8.12. The van der Waals surface area contributed by atoms with Gasteiger partial charge in [-0.3, -0.25) is 4.79 Å². The van der Waals surface area contributed by atoms with Crippen molar-refractivity contribution in [1.82, 2.24) is 16.0 Å². The number of esters is 2. The van der Waals surface area contributed by atoms with Crippen molar-refractivity contribution in [2.75, 3.05) is 19.8 Å². The Balaban J connectivity index is 2.79. The van der Waals surface area contributed by atoms with Crippen molar-refractivity contribution in [3.8, 4) is 0 Å². The lowest BCUT2D eigenvalue weighted by Crippen LogP contribution is -2.50. The molecule has 1 rings (SSSR count). The SMILES string of the molecule is CCOC(=O)/C=C/[C@H](C[C@@H]1CCNC1=O)NC(=O)NC(CC(C)C)C(=O)OCC. The van der Waals surface area contributed by atoms with Gasteiger partial charge in [0.25, 0.3) is 0 Å². The second-order valence-corrected chi connectivity index (χ2v) is 7.28. The van der Waals surface area contributed by atoms with Crippen molar-refractivity contribution in [1.29, 1.82) is 0 Å². The maximum Gasteiger partial charge on any atom is 0.330 e. The molecular formula is C20H33N3O6. The standard InChI is InChI=1S/C20H33N3O6/c1-5-28-17(24)8-7-15(12-14-9-10-21-18(14)25)22-20(27)23-16(11-13(3)4)19(26)29-6-2/h7-8,13-16H,5-6,9-12H2,1-4H3,(H,21,25)(H2,22,23,27)/b8-7+/t14-,15+,16?/m0/s1. The molecule has 0 aromatic carbocycles. The Hall–Kier alpha value is -2.58. The smallest absolute Gasteiger partial charge is 0.330 e. The van der Waals surface area contributed by atoms with Crippen molar-refractivity contribution in [2.24, 2.45) is 11.8 Å². The highest BCUT2D eigenvalue weighted by Crippen LogP contribution is 2.17. The third kappa shape index (κ3) is 9.45. The zero-order chi connectivity index (χ0) is 21.8. The second kappa shape index (κ2) is 12.8. The lowest BCUT2D eigenvalue weighted by Gasteiger charge is -2.22. The molecule has 0 aliphatic carbocycles. The molecule has 1 aliphatic heterocycles. The molecule has 3 N–H and O–H groups in total. The normalized spacial score (nSPS) is 18.2. The molecule has 3 atom stereocenters. The van der Waals surface area contributed by atoms with E-state index in [1.165, 1.54) is 12.2 Å². The minimum Gasteiger partial charge on any atom is -0.464 e. The topological polar surface area (TPSA) is 123 Å². The average molecular weight is 411 g/mol. The lowest BCUT2D eigenvalue weighted by molar-refractivity contribution is -0.145. The molecule has 0 bridgehead atoms. The zero-order valence-electron chi connectivity index (χ0n) is 17.7. The Morgan fingerprint density at radius 3 is 2.41 bits per heavy atom. The monoisotopic (exact) mass is 411 g/mol. The maximum absolute atomic E-state index is 12.5. The first-order valence-electron chi connectivity index (χ1n) is 10.1. The Bertz CT molecular complexity index is 605. The largest absolute Gasteiger partial charge is 0.464 e. The predicted molar refractivity (Wildman–Crippen MR) is 107 cm³/mol. The summed E-state index contributed by atoms with van der Waals surface area (Å²) in [6.45, 7) is 8.32. The molecule has 164 valence electrons. The number of urea groups is 1. The number of carbonyl (C=O) groups excluding carboxylic acids is 4. The summed E-state index contributed by atoms with van der Waals surface area (Å²) in [7, 11) is 0. The molecule has 0 spiro atoms. The van der Waals surface area contributed by atoms with Gasteiger partial charge in [-0.05, 0) is 39.0 Å². The average Bonchev–Trinajstić information content (AvgIpc) is 3.04. The number of nitrogens with one attached hydrogen (secondary N) is 3. The molecule has 29 heavy (non-hydrogen) atoms. The van der Waals surface area contributed by atoms with Gasteiger partial charge >= 0.3 is 18.0 Å². The first-order valence-corrected chi connectivity index (χ1v) is 10.1. The number of rotatable bonds is 11. The highest BCUT2D eigenvalue weighted by Gasteiger charge is 2.28. The van der Waals surface area contributed by atoms with Crippen LogP contribution in [-0.4, -0.2) is 55.7 Å². The van der Waals surface area contributed by atoms with Gasteiger partial charge in [-0.1, -0.05) is 19.9 Å². The third-order valence-electron chi connectivity index (χ3n) is 4.35. The van der Waals surface area contributed by atoms with Gasteiger partial charge in [0, 0.05) is 18.5 Å². The first-order chi connectivity index (χ1) is 13.8. The fourth-order valence-electron chi connectivity index (χ4n) is 3.04. The third-order valence-corrected chi connectivity index (χ3v) is 4.35. The van der Waals surface area contributed by atoms with E-state index in [0.717, 1.165) is 0 Å². The second-order valence-electron chi connectivity index (χ2n) is 7.28. The summed E-state index contributed by atoms with van der Waals surface area (Å²) < 4.78 is 9.89. The van der Waals surface area contributed by atoms with Crippen LogP contribution < -0.4 is 16.0 Å². The van der Waals surface area contributed by atoms with Crippen molar-refractivity contribution >= 4 is 23.9 Å². The van der Waals surface area contributed by atoms with Crippen LogP contribution in [0.5, 0.6) is 0 Å². The Kier molecular flexibility index (Phi) is 10.8. The first kappa shape index (κ1) is 24.5. The van der Waals surface area contributed by atoms with E-state index >= 15 is 0 Å². The van der Waals surface area contributed by atoms with Gasteiger partial charge in [0.2, 0.25) is 5.91 Å². The van der Waals surface area contributed by atoms with Gasteiger partial charge in [-0.2, -0.15) is 0 Å². The predicted octanol–water partition coefficient (Wildman–Crippen LogP) is 1.28. The molecule has 0 radical (unpaired) electrons. The van der Waals surface area contributed by atoms with E-state index < -0.39 is 30.1 Å². The maximum atomic E-state index is 12.5. The van der Waals surface area contributed by atoms with Gasteiger partial charge < -0.3 is 25.4 Å². The molecule has 3 amide bonds. The molecule has 0 saturated carbocycles. The summed E-state index contributed by atoms with van der Waals surface area (Å²) in [5.74, 6) is -1.19. The summed E-state index contributed by atoms with van der Waals surface area (Å²) in [6.07, 6.45) is 4.16. The van der Waals surface area contributed by atoms with Gasteiger partial charge in [-0.25, -0.2) is 14.4 Å². The highest BCUT2D eigenvalue weighted by atomic mass is 16.5. The van der Waals surface area contributed by atoms with E-state index in [9.17, 15) is 19.2 Å². The molecule has 1 fully saturated rings. The fraction of sp³-hybridized carbons (Fsp3) is 0.700. The minimum absolute atomic E-state index is 0.0778. The van der Waals surface area contributed by atoms with E-state index in [1.807, 2.05) is 13.8 Å². The Morgan fingerprint density at radius 1 is 1.17 bits per heavy atom. The number of hydrogen-bond acceptors (Lipinski definition) is 6. The van der Waals surface area contributed by atoms with Crippen LogP contribution in [-0.2, 0) is 23.9 Å². The van der Waals surface area contributed by atoms with Crippen LogP contribution in [0.25, 0.3) is 0 Å². The molecule has 1 saturated heterocycles. The molecule has 0 aromatic heterocycles. The Labute approximate surface area is 172 Å². The van der Waals surface area contributed by atoms with Crippen molar-refractivity contribution < 1.29 is 28.7 Å².